The Balaban J connectivity index is 1.83. The highest BCUT2D eigenvalue weighted by Crippen LogP contribution is 2.20. The van der Waals surface area contributed by atoms with E-state index in [0.29, 0.717) is 25.3 Å². The lowest BCUT2D eigenvalue weighted by atomic mass is 10.0. The number of aryl methyl sites for hydroxylation is 3. The van der Waals surface area contributed by atoms with Crippen LogP contribution in [0.3, 0.4) is 0 Å². The minimum absolute atomic E-state index is 0.0153. The maximum absolute atomic E-state index is 13.7. The van der Waals surface area contributed by atoms with Gasteiger partial charge < -0.3 is 10.2 Å². The summed E-state index contributed by atoms with van der Waals surface area (Å²) in [7, 11) is 0. The van der Waals surface area contributed by atoms with Gasteiger partial charge in [-0.2, -0.15) is 0 Å². The molecule has 0 spiro atoms. The predicted molar refractivity (Wildman–Crippen MR) is 151 cm³/mol. The van der Waals surface area contributed by atoms with Crippen molar-refractivity contribution < 1.29 is 9.59 Å². The summed E-state index contributed by atoms with van der Waals surface area (Å²) in [6.45, 7) is 9.27. The summed E-state index contributed by atoms with van der Waals surface area (Å²) < 4.78 is 0. The number of benzene rings is 3. The van der Waals surface area contributed by atoms with Gasteiger partial charge in [0.2, 0.25) is 11.8 Å². The second-order valence-corrected chi connectivity index (χ2v) is 10.5. The molecule has 0 aliphatic rings. The summed E-state index contributed by atoms with van der Waals surface area (Å²) in [5.41, 5.74) is 6.89. The summed E-state index contributed by atoms with van der Waals surface area (Å²) in [4.78, 5) is 28.8. The summed E-state index contributed by atoms with van der Waals surface area (Å²) >= 11 is 1.60. The van der Waals surface area contributed by atoms with E-state index < -0.39 is 6.04 Å². The van der Waals surface area contributed by atoms with E-state index in [1.165, 1.54) is 16.7 Å². The van der Waals surface area contributed by atoms with Crippen LogP contribution in [0.15, 0.2) is 72.8 Å². The molecule has 3 aromatic carbocycles. The molecule has 0 bridgehead atoms. The lowest BCUT2D eigenvalue weighted by molar-refractivity contribution is -0.139. The van der Waals surface area contributed by atoms with Gasteiger partial charge in [-0.1, -0.05) is 96.4 Å². The zero-order chi connectivity index (χ0) is 25.9. The minimum Gasteiger partial charge on any atom is -0.354 e. The molecule has 0 fully saturated rings. The van der Waals surface area contributed by atoms with Crippen LogP contribution in [0.2, 0.25) is 0 Å². The Bertz CT molecular complexity index is 1130. The molecule has 0 heterocycles. The first kappa shape index (κ1) is 27.5. The summed E-state index contributed by atoms with van der Waals surface area (Å²) in [6.07, 6.45) is 1.33. The molecular formula is C31H38N2O2S. The third-order valence-electron chi connectivity index (χ3n) is 6.03. The summed E-state index contributed by atoms with van der Waals surface area (Å²) in [5, 5.41) is 3.04. The molecule has 3 aromatic rings. The van der Waals surface area contributed by atoms with Gasteiger partial charge in [0, 0.05) is 25.3 Å². The van der Waals surface area contributed by atoms with E-state index in [-0.39, 0.29) is 11.8 Å². The second-order valence-electron chi connectivity index (χ2n) is 9.50. The second kappa shape index (κ2) is 13.9. The van der Waals surface area contributed by atoms with Gasteiger partial charge in [-0.05, 0) is 43.9 Å². The molecule has 36 heavy (non-hydrogen) atoms. The van der Waals surface area contributed by atoms with Crippen molar-refractivity contribution in [1.29, 1.82) is 0 Å². The van der Waals surface area contributed by atoms with Crippen LogP contribution in [0, 0.1) is 20.8 Å². The SMILES string of the molecule is CCCNC(=O)C(Cc1ccccc1)N(Cc1cccc(C)c1)C(=O)CSCc1cc(C)cc(C)c1. The average Bonchev–Trinajstić information content (AvgIpc) is 2.84. The molecule has 0 aromatic heterocycles. The van der Waals surface area contributed by atoms with Gasteiger partial charge in [0.05, 0.1) is 5.75 Å². The lowest BCUT2D eigenvalue weighted by Gasteiger charge is -2.31. The van der Waals surface area contributed by atoms with Crippen LogP contribution in [0.5, 0.6) is 0 Å². The number of thioether (sulfide) groups is 1. The van der Waals surface area contributed by atoms with E-state index in [9.17, 15) is 9.59 Å². The Labute approximate surface area is 220 Å². The number of rotatable bonds is 12. The molecule has 3 rings (SSSR count). The topological polar surface area (TPSA) is 49.4 Å². The van der Waals surface area contributed by atoms with E-state index in [2.05, 4.69) is 43.4 Å². The fourth-order valence-corrected chi connectivity index (χ4v) is 5.26. The Morgan fingerprint density at radius 3 is 2.17 bits per heavy atom. The molecular weight excluding hydrogens is 464 g/mol. The van der Waals surface area contributed by atoms with Gasteiger partial charge >= 0.3 is 0 Å². The van der Waals surface area contributed by atoms with Crippen molar-refractivity contribution in [1.82, 2.24) is 10.2 Å². The van der Waals surface area contributed by atoms with Crippen LogP contribution in [-0.2, 0) is 28.3 Å². The molecule has 5 heteroatoms. The van der Waals surface area contributed by atoms with Crippen LogP contribution < -0.4 is 5.32 Å². The van der Waals surface area contributed by atoms with Gasteiger partial charge in [0.25, 0.3) is 0 Å². The first-order valence-corrected chi connectivity index (χ1v) is 13.8. The molecule has 4 nitrogen and oxygen atoms in total. The van der Waals surface area contributed by atoms with Crippen molar-refractivity contribution in [2.45, 2.75) is 58.9 Å². The van der Waals surface area contributed by atoms with E-state index in [1.807, 2.05) is 62.4 Å². The van der Waals surface area contributed by atoms with Crippen LogP contribution in [-0.4, -0.2) is 35.1 Å². The van der Waals surface area contributed by atoms with E-state index in [4.69, 9.17) is 0 Å². The highest BCUT2D eigenvalue weighted by molar-refractivity contribution is 7.99. The normalized spacial score (nSPS) is 11.7. The fraction of sp³-hybridized carbons (Fsp3) is 0.355. The molecule has 1 unspecified atom stereocenters. The highest BCUT2D eigenvalue weighted by atomic mass is 32.2. The zero-order valence-corrected chi connectivity index (χ0v) is 22.7. The van der Waals surface area contributed by atoms with Crippen molar-refractivity contribution in [3.05, 3.63) is 106 Å². The van der Waals surface area contributed by atoms with E-state index in [1.54, 1.807) is 16.7 Å². The number of carbonyl (C=O) groups excluding carboxylic acids is 2. The number of carbonyl (C=O) groups is 2. The van der Waals surface area contributed by atoms with E-state index in [0.717, 1.165) is 28.9 Å². The molecule has 190 valence electrons. The standard InChI is InChI=1S/C31H38N2O2S/c1-5-14-32-31(35)29(19-26-11-7-6-8-12-26)33(20-27-13-9-10-23(2)16-27)30(34)22-36-21-28-17-24(3)15-25(4)18-28/h6-13,15-18,29H,5,14,19-22H2,1-4H3,(H,32,35). The van der Waals surface area contributed by atoms with Crippen molar-refractivity contribution >= 4 is 23.6 Å². The Morgan fingerprint density at radius 2 is 1.50 bits per heavy atom. The van der Waals surface area contributed by atoms with Gasteiger partial charge in [-0.25, -0.2) is 0 Å². The largest absolute Gasteiger partial charge is 0.354 e. The third kappa shape index (κ3) is 8.56. The Morgan fingerprint density at radius 1 is 0.833 bits per heavy atom. The number of amides is 2. The van der Waals surface area contributed by atoms with Crippen LogP contribution >= 0.6 is 11.8 Å². The molecule has 0 saturated carbocycles. The molecule has 0 aliphatic heterocycles. The van der Waals surface area contributed by atoms with Gasteiger partial charge in [-0.3, -0.25) is 9.59 Å². The maximum atomic E-state index is 13.7. The number of hydrogen-bond donors (Lipinski definition) is 1. The molecule has 1 atom stereocenters. The lowest BCUT2D eigenvalue weighted by Crippen LogP contribution is -2.51. The van der Waals surface area contributed by atoms with Crippen molar-refractivity contribution in [3.63, 3.8) is 0 Å². The predicted octanol–water partition coefficient (Wildman–Crippen LogP) is 6.01. The maximum Gasteiger partial charge on any atom is 0.243 e. The Kier molecular flexibility index (Phi) is 10.6. The van der Waals surface area contributed by atoms with Crippen molar-refractivity contribution in [3.8, 4) is 0 Å². The number of nitrogens with one attached hydrogen (secondary N) is 1. The van der Waals surface area contributed by atoms with Crippen LogP contribution in [0.1, 0.15) is 46.7 Å². The summed E-state index contributed by atoms with van der Waals surface area (Å²) in [6, 6.07) is 24.0. The number of nitrogens with zero attached hydrogens (tertiary/aromatic N) is 1. The first-order chi connectivity index (χ1) is 17.4. The van der Waals surface area contributed by atoms with Gasteiger partial charge in [0.15, 0.2) is 0 Å². The molecule has 0 radical (unpaired) electrons. The molecule has 0 saturated heterocycles. The Hall–Kier alpha value is -3.05. The molecule has 2 amide bonds. The smallest absolute Gasteiger partial charge is 0.243 e. The van der Waals surface area contributed by atoms with Gasteiger partial charge in [0.1, 0.15) is 6.04 Å². The number of hydrogen-bond acceptors (Lipinski definition) is 3. The monoisotopic (exact) mass is 502 g/mol. The zero-order valence-electron chi connectivity index (χ0n) is 21.9. The molecule has 1 N–H and O–H groups in total. The van der Waals surface area contributed by atoms with Crippen LogP contribution in [0.4, 0.5) is 0 Å². The third-order valence-corrected chi connectivity index (χ3v) is 7.02. The molecule has 0 aliphatic carbocycles. The van der Waals surface area contributed by atoms with Crippen molar-refractivity contribution in [2.24, 2.45) is 0 Å². The highest BCUT2D eigenvalue weighted by Gasteiger charge is 2.30. The van der Waals surface area contributed by atoms with E-state index >= 15 is 0 Å². The van der Waals surface area contributed by atoms with Crippen molar-refractivity contribution in [2.75, 3.05) is 12.3 Å². The average molecular weight is 503 g/mol. The van der Waals surface area contributed by atoms with Gasteiger partial charge in [-0.15, -0.1) is 11.8 Å². The first-order valence-electron chi connectivity index (χ1n) is 12.7. The van der Waals surface area contributed by atoms with Crippen LogP contribution in [0.25, 0.3) is 0 Å². The summed E-state index contributed by atoms with van der Waals surface area (Å²) in [5.74, 6) is 0.975. The quantitative estimate of drug-likeness (QED) is 0.330. The minimum atomic E-state index is -0.575. The fourth-order valence-electron chi connectivity index (χ4n) is 4.42.